The van der Waals surface area contributed by atoms with Crippen molar-refractivity contribution in [1.82, 2.24) is 19.7 Å². The molecule has 1 fully saturated rings. The molecule has 2 aromatic heterocycles. The fraction of sp³-hybridized carbons (Fsp3) is 0.333. The summed E-state index contributed by atoms with van der Waals surface area (Å²) < 4.78 is 1.93. The van der Waals surface area contributed by atoms with E-state index in [2.05, 4.69) is 40.5 Å². The van der Waals surface area contributed by atoms with E-state index in [0.29, 0.717) is 12.5 Å². The number of amides is 1. The summed E-state index contributed by atoms with van der Waals surface area (Å²) in [6.45, 7) is 2.05. The number of aromatic nitrogens is 3. The van der Waals surface area contributed by atoms with Crippen LogP contribution >= 0.6 is 0 Å². The Kier molecular flexibility index (Phi) is 4.86. The Labute approximate surface area is 153 Å². The molecule has 1 N–H and O–H groups in total. The second-order valence-electron chi connectivity index (χ2n) is 6.99. The lowest BCUT2D eigenvalue weighted by atomic mass is 9.93. The van der Waals surface area contributed by atoms with E-state index < -0.39 is 0 Å². The predicted molar refractivity (Wildman–Crippen MR) is 101 cm³/mol. The maximum absolute atomic E-state index is 12.4. The van der Waals surface area contributed by atoms with Gasteiger partial charge in [-0.2, -0.15) is 5.10 Å². The number of nitrogens with one attached hydrogen (secondary N) is 1. The molecule has 1 amide bonds. The van der Waals surface area contributed by atoms with Gasteiger partial charge in [-0.15, -0.1) is 0 Å². The minimum atomic E-state index is 0.200. The van der Waals surface area contributed by atoms with Gasteiger partial charge in [0, 0.05) is 43.5 Å². The van der Waals surface area contributed by atoms with E-state index in [1.807, 2.05) is 40.1 Å². The molecule has 0 radical (unpaired) electrons. The van der Waals surface area contributed by atoms with Crippen molar-refractivity contribution in [2.75, 3.05) is 13.1 Å². The number of H-pyrrole nitrogens is 1. The van der Waals surface area contributed by atoms with Crippen molar-refractivity contribution in [1.29, 1.82) is 0 Å². The minimum absolute atomic E-state index is 0.200. The molecule has 5 heteroatoms. The summed E-state index contributed by atoms with van der Waals surface area (Å²) >= 11 is 0. The highest BCUT2D eigenvalue weighted by molar-refractivity contribution is 5.76. The van der Waals surface area contributed by atoms with E-state index in [1.54, 1.807) is 0 Å². The van der Waals surface area contributed by atoms with Crippen molar-refractivity contribution in [3.05, 3.63) is 77.9 Å². The predicted octanol–water partition coefficient (Wildman–Crippen LogP) is 3.21. The number of rotatable bonds is 5. The zero-order valence-corrected chi connectivity index (χ0v) is 14.8. The number of carbonyl (C=O) groups is 1. The van der Waals surface area contributed by atoms with Crippen LogP contribution in [0.2, 0.25) is 0 Å². The summed E-state index contributed by atoms with van der Waals surface area (Å²) in [6, 6.07) is 16.5. The molecule has 4 rings (SSSR count). The number of benzene rings is 1. The molecule has 1 saturated heterocycles. The van der Waals surface area contributed by atoms with Crippen LogP contribution < -0.4 is 0 Å². The molecule has 0 aliphatic carbocycles. The molecule has 3 aromatic rings. The number of hydrogen-bond donors (Lipinski definition) is 1. The zero-order chi connectivity index (χ0) is 17.8. The van der Waals surface area contributed by atoms with Crippen LogP contribution in [0.1, 0.15) is 35.7 Å². The molecule has 26 heavy (non-hydrogen) atoms. The second kappa shape index (κ2) is 7.60. The fourth-order valence-electron chi connectivity index (χ4n) is 3.65. The molecule has 1 aromatic carbocycles. The summed E-state index contributed by atoms with van der Waals surface area (Å²) in [5, 5.41) is 7.72. The SMILES string of the molecule is O=C(Cn1cccc1)N1CCC(c2cc(Cc3ccccc3)[nH]n2)CC1. The quantitative estimate of drug-likeness (QED) is 0.770. The summed E-state index contributed by atoms with van der Waals surface area (Å²) in [7, 11) is 0. The van der Waals surface area contributed by atoms with Crippen molar-refractivity contribution in [3.8, 4) is 0 Å². The molecule has 0 saturated carbocycles. The number of aromatic amines is 1. The Morgan fingerprint density at radius 1 is 1.08 bits per heavy atom. The molecule has 0 unspecified atom stereocenters. The second-order valence-corrected chi connectivity index (χ2v) is 6.99. The largest absolute Gasteiger partial charge is 0.345 e. The Morgan fingerprint density at radius 3 is 2.54 bits per heavy atom. The lowest BCUT2D eigenvalue weighted by Crippen LogP contribution is -2.39. The molecule has 134 valence electrons. The summed E-state index contributed by atoms with van der Waals surface area (Å²) in [6.07, 6.45) is 6.70. The van der Waals surface area contributed by atoms with Crippen LogP contribution in [0.5, 0.6) is 0 Å². The van der Waals surface area contributed by atoms with Crippen molar-refractivity contribution < 1.29 is 4.79 Å². The summed E-state index contributed by atoms with van der Waals surface area (Å²) in [4.78, 5) is 14.4. The first kappa shape index (κ1) is 16.6. The first-order valence-corrected chi connectivity index (χ1v) is 9.24. The van der Waals surface area contributed by atoms with Crippen molar-refractivity contribution in [2.45, 2.75) is 31.7 Å². The first-order chi connectivity index (χ1) is 12.8. The number of likely N-dealkylation sites (tertiary alicyclic amines) is 1. The van der Waals surface area contributed by atoms with Crippen LogP contribution in [-0.4, -0.2) is 38.7 Å². The summed E-state index contributed by atoms with van der Waals surface area (Å²) in [5.41, 5.74) is 3.57. The molecule has 0 atom stereocenters. The van der Waals surface area contributed by atoms with Crippen molar-refractivity contribution in [2.24, 2.45) is 0 Å². The van der Waals surface area contributed by atoms with Crippen LogP contribution in [0.4, 0.5) is 0 Å². The number of piperidine rings is 1. The maximum Gasteiger partial charge on any atom is 0.242 e. The van der Waals surface area contributed by atoms with Gasteiger partial charge in [0.25, 0.3) is 0 Å². The highest BCUT2D eigenvalue weighted by Gasteiger charge is 2.25. The van der Waals surface area contributed by atoms with Gasteiger partial charge in [0.05, 0.1) is 5.69 Å². The van der Waals surface area contributed by atoms with E-state index >= 15 is 0 Å². The third kappa shape index (κ3) is 3.87. The summed E-state index contributed by atoms with van der Waals surface area (Å²) in [5.74, 6) is 0.637. The number of nitrogens with zero attached hydrogens (tertiary/aromatic N) is 3. The molecular weight excluding hydrogens is 324 g/mol. The van der Waals surface area contributed by atoms with Crippen LogP contribution in [0.25, 0.3) is 0 Å². The van der Waals surface area contributed by atoms with Crippen LogP contribution in [-0.2, 0) is 17.8 Å². The lowest BCUT2D eigenvalue weighted by molar-refractivity contribution is -0.132. The van der Waals surface area contributed by atoms with Crippen molar-refractivity contribution >= 4 is 5.91 Å². The highest BCUT2D eigenvalue weighted by atomic mass is 16.2. The van der Waals surface area contributed by atoms with Gasteiger partial charge in [0.1, 0.15) is 6.54 Å². The molecule has 1 aliphatic rings. The molecule has 5 nitrogen and oxygen atoms in total. The molecule has 0 bridgehead atoms. The van der Waals surface area contributed by atoms with Crippen LogP contribution in [0.3, 0.4) is 0 Å². The fourth-order valence-corrected chi connectivity index (χ4v) is 3.65. The van der Waals surface area contributed by atoms with E-state index in [1.165, 1.54) is 5.56 Å². The van der Waals surface area contributed by atoms with Gasteiger partial charge < -0.3 is 9.47 Å². The van der Waals surface area contributed by atoms with E-state index in [9.17, 15) is 4.79 Å². The minimum Gasteiger partial charge on any atom is -0.345 e. The van der Waals surface area contributed by atoms with E-state index in [4.69, 9.17) is 0 Å². The van der Waals surface area contributed by atoms with Gasteiger partial charge in [-0.05, 0) is 36.6 Å². The Hall–Kier alpha value is -2.82. The first-order valence-electron chi connectivity index (χ1n) is 9.24. The van der Waals surface area contributed by atoms with Crippen molar-refractivity contribution in [3.63, 3.8) is 0 Å². The lowest BCUT2D eigenvalue weighted by Gasteiger charge is -2.31. The van der Waals surface area contributed by atoms with Crippen LogP contribution in [0.15, 0.2) is 60.9 Å². The monoisotopic (exact) mass is 348 g/mol. The normalized spacial score (nSPS) is 15.3. The van der Waals surface area contributed by atoms with Gasteiger partial charge in [-0.3, -0.25) is 9.89 Å². The average molecular weight is 348 g/mol. The molecule has 1 aliphatic heterocycles. The van der Waals surface area contributed by atoms with Gasteiger partial charge in [0.2, 0.25) is 5.91 Å². The standard InChI is InChI=1S/C21H24N4O/c26-21(16-24-10-4-5-11-24)25-12-8-18(9-13-25)20-15-19(22-23-20)14-17-6-2-1-3-7-17/h1-7,10-11,15,18H,8-9,12-14,16H2,(H,22,23). The van der Waals surface area contributed by atoms with Gasteiger partial charge in [-0.1, -0.05) is 30.3 Å². The van der Waals surface area contributed by atoms with E-state index in [0.717, 1.165) is 43.7 Å². The highest BCUT2D eigenvalue weighted by Crippen LogP contribution is 2.27. The Bertz CT molecular complexity index is 830. The Balaban J connectivity index is 1.31. The molecule has 3 heterocycles. The van der Waals surface area contributed by atoms with Gasteiger partial charge in [-0.25, -0.2) is 0 Å². The molecule has 0 spiro atoms. The van der Waals surface area contributed by atoms with Gasteiger partial charge in [0.15, 0.2) is 0 Å². The average Bonchev–Trinajstić information content (AvgIpc) is 3.35. The van der Waals surface area contributed by atoms with E-state index in [-0.39, 0.29) is 5.91 Å². The Morgan fingerprint density at radius 2 is 1.81 bits per heavy atom. The smallest absolute Gasteiger partial charge is 0.242 e. The maximum atomic E-state index is 12.4. The van der Waals surface area contributed by atoms with Crippen LogP contribution in [0, 0.1) is 0 Å². The zero-order valence-electron chi connectivity index (χ0n) is 14.8. The number of carbonyl (C=O) groups excluding carboxylic acids is 1. The topological polar surface area (TPSA) is 53.9 Å². The number of hydrogen-bond acceptors (Lipinski definition) is 2. The molecular formula is C21H24N4O. The third-order valence-corrected chi connectivity index (χ3v) is 5.14. The third-order valence-electron chi connectivity index (χ3n) is 5.14. The van der Waals surface area contributed by atoms with Gasteiger partial charge >= 0.3 is 0 Å².